The van der Waals surface area contributed by atoms with Gasteiger partial charge in [0, 0.05) is 38.6 Å². The van der Waals surface area contributed by atoms with E-state index in [9.17, 15) is 4.79 Å². The number of nitrogens with zero attached hydrogens (tertiary/aromatic N) is 2. The van der Waals surface area contributed by atoms with Gasteiger partial charge in [-0.2, -0.15) is 0 Å². The summed E-state index contributed by atoms with van der Waals surface area (Å²) >= 11 is 0. The third-order valence-corrected chi connectivity index (χ3v) is 4.57. The highest BCUT2D eigenvalue weighted by Gasteiger charge is 2.25. The highest BCUT2D eigenvalue weighted by molar-refractivity contribution is 5.85. The van der Waals surface area contributed by atoms with Gasteiger partial charge < -0.3 is 15.5 Å². The van der Waals surface area contributed by atoms with Crippen LogP contribution in [0.1, 0.15) is 37.8 Å². The summed E-state index contributed by atoms with van der Waals surface area (Å²) in [6.45, 7) is 5.46. The summed E-state index contributed by atoms with van der Waals surface area (Å²) < 4.78 is 0. The van der Waals surface area contributed by atoms with Crippen molar-refractivity contribution in [3.63, 3.8) is 0 Å². The summed E-state index contributed by atoms with van der Waals surface area (Å²) in [6.07, 6.45) is 2.52. The lowest BCUT2D eigenvalue weighted by Gasteiger charge is -2.36. The molecule has 0 radical (unpaired) electrons. The van der Waals surface area contributed by atoms with E-state index < -0.39 is 0 Å². The zero-order valence-electron chi connectivity index (χ0n) is 14.0. The fraction of sp³-hybridized carbons (Fsp3) is 0.588. The summed E-state index contributed by atoms with van der Waals surface area (Å²) in [4.78, 5) is 16.8. The van der Waals surface area contributed by atoms with E-state index in [-0.39, 0.29) is 36.8 Å². The van der Waals surface area contributed by atoms with Crippen LogP contribution in [0.25, 0.3) is 0 Å². The Morgan fingerprint density at radius 1 is 1.26 bits per heavy atom. The molecule has 0 aliphatic carbocycles. The van der Waals surface area contributed by atoms with Crippen LogP contribution >= 0.6 is 24.8 Å². The molecule has 1 aromatic carbocycles. The number of benzene rings is 1. The average Bonchev–Trinajstić information content (AvgIpc) is 2.55. The fourth-order valence-corrected chi connectivity index (χ4v) is 2.98. The van der Waals surface area contributed by atoms with Crippen LogP contribution in [-0.2, 0) is 4.79 Å². The summed E-state index contributed by atoms with van der Waals surface area (Å²) in [5.41, 5.74) is 7.18. The van der Waals surface area contributed by atoms with E-state index >= 15 is 0 Å². The molecule has 2 rings (SSSR count). The number of hydrogen-bond acceptors (Lipinski definition) is 3. The van der Waals surface area contributed by atoms with Gasteiger partial charge in [0.15, 0.2) is 0 Å². The SMILES string of the molecule is CCN1CCC(N(C)C(=O)CC(N)c2ccccc2)CC1.Cl.Cl. The van der Waals surface area contributed by atoms with E-state index in [0.717, 1.165) is 38.0 Å². The quantitative estimate of drug-likeness (QED) is 0.876. The third-order valence-electron chi connectivity index (χ3n) is 4.57. The maximum Gasteiger partial charge on any atom is 0.224 e. The van der Waals surface area contributed by atoms with Gasteiger partial charge in [0.25, 0.3) is 0 Å². The molecule has 23 heavy (non-hydrogen) atoms. The Morgan fingerprint density at radius 3 is 2.35 bits per heavy atom. The number of rotatable bonds is 5. The van der Waals surface area contributed by atoms with Gasteiger partial charge in [-0.1, -0.05) is 37.3 Å². The number of nitrogens with two attached hydrogens (primary N) is 1. The predicted octanol–water partition coefficient (Wildman–Crippen LogP) is 2.86. The number of carbonyl (C=O) groups excluding carboxylic acids is 1. The lowest BCUT2D eigenvalue weighted by Crippen LogP contribution is -2.46. The molecule has 132 valence electrons. The molecule has 1 aromatic rings. The van der Waals surface area contributed by atoms with Crippen LogP contribution in [0.4, 0.5) is 0 Å². The molecule has 1 unspecified atom stereocenters. The van der Waals surface area contributed by atoms with Crippen LogP contribution < -0.4 is 5.73 Å². The Morgan fingerprint density at radius 2 is 1.83 bits per heavy atom. The minimum absolute atomic E-state index is 0. The van der Waals surface area contributed by atoms with Crippen molar-refractivity contribution in [2.24, 2.45) is 5.73 Å². The number of halogens is 2. The molecule has 4 nitrogen and oxygen atoms in total. The molecule has 1 atom stereocenters. The van der Waals surface area contributed by atoms with E-state index in [1.807, 2.05) is 42.3 Å². The molecule has 1 aliphatic rings. The van der Waals surface area contributed by atoms with Crippen LogP contribution in [0.3, 0.4) is 0 Å². The van der Waals surface area contributed by atoms with Crippen LogP contribution in [-0.4, -0.2) is 48.4 Å². The number of likely N-dealkylation sites (tertiary alicyclic amines) is 1. The van der Waals surface area contributed by atoms with E-state index in [1.165, 1.54) is 0 Å². The van der Waals surface area contributed by atoms with Gasteiger partial charge >= 0.3 is 0 Å². The highest BCUT2D eigenvalue weighted by Crippen LogP contribution is 2.19. The van der Waals surface area contributed by atoms with Crippen molar-refractivity contribution >= 4 is 30.7 Å². The first-order valence-corrected chi connectivity index (χ1v) is 7.90. The first-order chi connectivity index (χ1) is 10.1. The topological polar surface area (TPSA) is 49.6 Å². The maximum absolute atomic E-state index is 12.4. The Balaban J connectivity index is 0.00000242. The van der Waals surface area contributed by atoms with E-state index in [2.05, 4.69) is 11.8 Å². The van der Waals surface area contributed by atoms with Crippen molar-refractivity contribution in [2.75, 3.05) is 26.7 Å². The van der Waals surface area contributed by atoms with Gasteiger partial charge in [-0.15, -0.1) is 24.8 Å². The van der Waals surface area contributed by atoms with Crippen molar-refractivity contribution in [1.29, 1.82) is 0 Å². The average molecular weight is 362 g/mol. The second-order valence-corrected chi connectivity index (χ2v) is 5.89. The minimum Gasteiger partial charge on any atom is -0.343 e. The van der Waals surface area contributed by atoms with Crippen molar-refractivity contribution in [1.82, 2.24) is 9.80 Å². The number of amides is 1. The van der Waals surface area contributed by atoms with Gasteiger partial charge in [0.05, 0.1) is 0 Å². The highest BCUT2D eigenvalue weighted by atomic mass is 35.5. The lowest BCUT2D eigenvalue weighted by atomic mass is 10.0. The Labute approximate surface area is 152 Å². The number of piperidine rings is 1. The Kier molecular flexibility index (Phi) is 10.5. The molecule has 1 aliphatic heterocycles. The zero-order chi connectivity index (χ0) is 15.2. The van der Waals surface area contributed by atoms with Crippen molar-refractivity contribution in [3.8, 4) is 0 Å². The normalized spacial score (nSPS) is 16.8. The smallest absolute Gasteiger partial charge is 0.224 e. The second kappa shape index (κ2) is 10.9. The van der Waals surface area contributed by atoms with Crippen molar-refractivity contribution in [3.05, 3.63) is 35.9 Å². The van der Waals surface area contributed by atoms with Crippen molar-refractivity contribution < 1.29 is 4.79 Å². The zero-order valence-corrected chi connectivity index (χ0v) is 15.6. The fourth-order valence-electron chi connectivity index (χ4n) is 2.98. The standard InChI is InChI=1S/C17H27N3O.2ClH/c1-3-20-11-9-15(10-12-20)19(2)17(21)13-16(18)14-7-5-4-6-8-14;;/h4-8,15-16H,3,9-13,18H2,1-2H3;2*1H. The summed E-state index contributed by atoms with van der Waals surface area (Å²) in [7, 11) is 1.92. The van der Waals surface area contributed by atoms with Crippen molar-refractivity contribution in [2.45, 2.75) is 38.3 Å². The molecule has 2 N–H and O–H groups in total. The van der Waals surface area contributed by atoms with Crippen LogP contribution in [0, 0.1) is 0 Å². The number of carbonyl (C=O) groups is 1. The Hall–Kier alpha value is -0.810. The first kappa shape index (κ1) is 22.2. The van der Waals surface area contributed by atoms with E-state index in [0.29, 0.717) is 12.5 Å². The summed E-state index contributed by atoms with van der Waals surface area (Å²) in [5.74, 6) is 0.154. The molecular formula is C17H29Cl2N3O. The van der Waals surface area contributed by atoms with E-state index in [4.69, 9.17) is 5.73 Å². The van der Waals surface area contributed by atoms with Crippen LogP contribution in [0.5, 0.6) is 0 Å². The molecule has 0 saturated carbocycles. The molecule has 1 saturated heterocycles. The molecule has 0 aromatic heterocycles. The minimum atomic E-state index is -0.211. The molecular weight excluding hydrogens is 333 g/mol. The first-order valence-electron chi connectivity index (χ1n) is 7.90. The van der Waals surface area contributed by atoms with Crippen LogP contribution in [0.2, 0.25) is 0 Å². The largest absolute Gasteiger partial charge is 0.343 e. The van der Waals surface area contributed by atoms with Gasteiger partial charge in [0.2, 0.25) is 5.91 Å². The lowest BCUT2D eigenvalue weighted by molar-refractivity contribution is -0.133. The molecule has 1 amide bonds. The Bertz CT molecular complexity index is 450. The van der Waals surface area contributed by atoms with E-state index in [1.54, 1.807) is 0 Å². The maximum atomic E-state index is 12.4. The second-order valence-electron chi connectivity index (χ2n) is 5.89. The van der Waals surface area contributed by atoms with Crippen LogP contribution in [0.15, 0.2) is 30.3 Å². The third kappa shape index (κ3) is 6.30. The molecule has 0 bridgehead atoms. The monoisotopic (exact) mass is 361 g/mol. The molecule has 6 heteroatoms. The molecule has 0 spiro atoms. The van der Waals surface area contributed by atoms with Gasteiger partial charge in [0.1, 0.15) is 0 Å². The molecule has 1 fully saturated rings. The van der Waals surface area contributed by atoms with Gasteiger partial charge in [-0.05, 0) is 24.9 Å². The van der Waals surface area contributed by atoms with Gasteiger partial charge in [-0.25, -0.2) is 0 Å². The summed E-state index contributed by atoms with van der Waals surface area (Å²) in [5, 5.41) is 0. The van der Waals surface area contributed by atoms with Gasteiger partial charge in [-0.3, -0.25) is 4.79 Å². The summed E-state index contributed by atoms with van der Waals surface area (Å²) in [6, 6.07) is 10.0. The predicted molar refractivity (Wildman–Crippen MR) is 100 cm³/mol. The molecule has 1 heterocycles. The number of hydrogen-bond donors (Lipinski definition) is 1.